The van der Waals surface area contributed by atoms with E-state index in [1.54, 1.807) is 11.0 Å². The maximum absolute atomic E-state index is 12.8. The van der Waals surface area contributed by atoms with E-state index >= 15 is 0 Å². The Morgan fingerprint density at radius 1 is 1.03 bits per heavy atom. The summed E-state index contributed by atoms with van der Waals surface area (Å²) in [5.74, 6) is 1.16. The molecule has 0 radical (unpaired) electrons. The van der Waals surface area contributed by atoms with Crippen LogP contribution >= 0.6 is 0 Å². The van der Waals surface area contributed by atoms with Gasteiger partial charge in [0.25, 0.3) is 0 Å². The summed E-state index contributed by atoms with van der Waals surface area (Å²) in [7, 11) is 1.89. The molecule has 2 aliphatic heterocycles. The zero-order valence-corrected chi connectivity index (χ0v) is 16.7. The minimum absolute atomic E-state index is 0.227. The molecule has 1 fully saturated rings. The number of piperazine rings is 1. The molecule has 150 valence electrons. The fourth-order valence-corrected chi connectivity index (χ4v) is 4.32. The summed E-state index contributed by atoms with van der Waals surface area (Å²) >= 11 is 0. The van der Waals surface area contributed by atoms with E-state index in [0.717, 1.165) is 62.5 Å². The first-order valence-electron chi connectivity index (χ1n) is 10.1. The second-order valence-electron chi connectivity index (χ2n) is 7.80. The van der Waals surface area contributed by atoms with Crippen LogP contribution in [0.4, 0.5) is 5.82 Å². The highest BCUT2D eigenvalue weighted by atomic mass is 16.2. The topological polar surface area (TPSA) is 70.4 Å². The minimum atomic E-state index is 0.227. The normalized spacial score (nSPS) is 17.6. The maximum Gasteiger partial charge on any atom is 0.237 e. The molecular weight excluding hydrogens is 366 g/mol. The number of hydrogen-bond acceptors (Lipinski definition) is 6. The first-order valence-corrected chi connectivity index (χ1v) is 10.1. The molecule has 0 N–H and O–H groups in total. The zero-order chi connectivity index (χ0) is 19.8. The first kappa shape index (κ1) is 18.1. The summed E-state index contributed by atoms with van der Waals surface area (Å²) in [4.78, 5) is 28.2. The Morgan fingerprint density at radius 3 is 2.66 bits per heavy atom. The van der Waals surface area contributed by atoms with E-state index < -0.39 is 0 Å². The van der Waals surface area contributed by atoms with Crippen molar-refractivity contribution in [3.05, 3.63) is 47.9 Å². The highest BCUT2D eigenvalue weighted by molar-refractivity contribution is 5.86. The molecule has 0 bridgehead atoms. The SMILES string of the molecule is Cn1ncc2c(N3CCN(CC(=O)N4CCc5ccccc5C4)CC3)ncnc21. The zero-order valence-electron chi connectivity index (χ0n) is 16.7. The third-order valence-corrected chi connectivity index (χ3v) is 6.02. The molecule has 8 heteroatoms. The van der Waals surface area contributed by atoms with Crippen LogP contribution in [-0.4, -0.2) is 74.7 Å². The number of rotatable bonds is 3. The Labute approximate surface area is 169 Å². The molecule has 1 saturated heterocycles. The number of nitrogens with zero attached hydrogens (tertiary/aromatic N) is 7. The Kier molecular flexibility index (Phi) is 4.63. The fraction of sp³-hybridized carbons (Fsp3) is 0.429. The lowest BCUT2D eigenvalue weighted by Crippen LogP contribution is -2.50. The summed E-state index contributed by atoms with van der Waals surface area (Å²) in [6, 6.07) is 8.43. The monoisotopic (exact) mass is 391 g/mol. The van der Waals surface area contributed by atoms with Crippen LogP contribution in [-0.2, 0) is 24.8 Å². The third kappa shape index (κ3) is 3.44. The van der Waals surface area contributed by atoms with Crippen LogP contribution in [0.5, 0.6) is 0 Å². The summed E-state index contributed by atoms with van der Waals surface area (Å²) in [6.45, 7) is 5.42. The van der Waals surface area contributed by atoms with Crippen LogP contribution in [0.2, 0.25) is 0 Å². The van der Waals surface area contributed by atoms with Crippen molar-refractivity contribution in [1.82, 2.24) is 29.5 Å². The smallest absolute Gasteiger partial charge is 0.237 e. The lowest BCUT2D eigenvalue weighted by molar-refractivity contribution is -0.133. The summed E-state index contributed by atoms with van der Waals surface area (Å²) in [5, 5.41) is 5.28. The van der Waals surface area contributed by atoms with Crippen LogP contribution in [0.15, 0.2) is 36.8 Å². The van der Waals surface area contributed by atoms with Crippen molar-refractivity contribution in [2.24, 2.45) is 7.05 Å². The van der Waals surface area contributed by atoms with E-state index in [-0.39, 0.29) is 5.91 Å². The lowest BCUT2D eigenvalue weighted by atomic mass is 10.00. The van der Waals surface area contributed by atoms with Crippen molar-refractivity contribution >= 4 is 22.8 Å². The minimum Gasteiger partial charge on any atom is -0.353 e. The first-order chi connectivity index (χ1) is 14.2. The van der Waals surface area contributed by atoms with Crippen molar-refractivity contribution in [3.63, 3.8) is 0 Å². The summed E-state index contributed by atoms with van der Waals surface area (Å²) in [5.41, 5.74) is 3.50. The van der Waals surface area contributed by atoms with Gasteiger partial charge in [0.05, 0.1) is 18.1 Å². The third-order valence-electron chi connectivity index (χ3n) is 6.02. The lowest BCUT2D eigenvalue weighted by Gasteiger charge is -2.36. The van der Waals surface area contributed by atoms with Crippen LogP contribution in [0.1, 0.15) is 11.1 Å². The van der Waals surface area contributed by atoms with Gasteiger partial charge < -0.3 is 9.80 Å². The van der Waals surface area contributed by atoms with Gasteiger partial charge in [-0.15, -0.1) is 0 Å². The molecule has 4 heterocycles. The van der Waals surface area contributed by atoms with Gasteiger partial charge in [-0.2, -0.15) is 5.10 Å². The molecule has 0 unspecified atom stereocenters. The fourth-order valence-electron chi connectivity index (χ4n) is 4.32. The molecular formula is C21H25N7O. The molecule has 0 atom stereocenters. The van der Waals surface area contributed by atoms with E-state index in [2.05, 4.69) is 49.1 Å². The molecule has 8 nitrogen and oxygen atoms in total. The Bertz CT molecular complexity index is 1040. The van der Waals surface area contributed by atoms with Crippen molar-refractivity contribution in [2.75, 3.05) is 44.2 Å². The molecule has 2 aromatic heterocycles. The molecule has 5 rings (SSSR count). The average Bonchev–Trinajstić information content (AvgIpc) is 3.15. The Hall–Kier alpha value is -3.00. The quantitative estimate of drug-likeness (QED) is 0.665. The molecule has 1 aromatic carbocycles. The number of amides is 1. The van der Waals surface area contributed by atoms with Gasteiger partial charge in [-0.05, 0) is 17.5 Å². The second-order valence-corrected chi connectivity index (χ2v) is 7.80. The van der Waals surface area contributed by atoms with Crippen molar-refractivity contribution in [3.8, 4) is 0 Å². The maximum atomic E-state index is 12.8. The number of anilines is 1. The highest BCUT2D eigenvalue weighted by Gasteiger charge is 2.25. The Balaban J connectivity index is 1.20. The molecule has 1 amide bonds. The number of benzene rings is 1. The standard InChI is InChI=1S/C21H25N7O/c1-25-20-18(12-24-25)21(23-15-22-20)27-10-8-26(9-11-27)14-19(29)28-7-6-16-4-2-3-5-17(16)13-28/h2-5,12,15H,6-11,13-14H2,1H3. The highest BCUT2D eigenvalue weighted by Crippen LogP contribution is 2.23. The number of hydrogen-bond donors (Lipinski definition) is 0. The van der Waals surface area contributed by atoms with Crippen molar-refractivity contribution in [2.45, 2.75) is 13.0 Å². The number of aromatic nitrogens is 4. The predicted octanol–water partition coefficient (Wildman–Crippen LogP) is 1.07. The number of carbonyl (C=O) groups is 1. The van der Waals surface area contributed by atoms with E-state index in [1.807, 2.05) is 18.1 Å². The largest absolute Gasteiger partial charge is 0.353 e. The molecule has 0 aliphatic carbocycles. The average molecular weight is 391 g/mol. The van der Waals surface area contributed by atoms with Gasteiger partial charge >= 0.3 is 0 Å². The van der Waals surface area contributed by atoms with Gasteiger partial charge in [0, 0.05) is 46.3 Å². The molecule has 0 spiro atoms. The van der Waals surface area contributed by atoms with E-state index in [0.29, 0.717) is 6.54 Å². The van der Waals surface area contributed by atoms with E-state index in [4.69, 9.17) is 0 Å². The van der Waals surface area contributed by atoms with Gasteiger partial charge in [0.2, 0.25) is 5.91 Å². The molecule has 29 heavy (non-hydrogen) atoms. The van der Waals surface area contributed by atoms with Gasteiger partial charge in [-0.3, -0.25) is 14.4 Å². The number of aryl methyl sites for hydroxylation is 1. The van der Waals surface area contributed by atoms with E-state index in [9.17, 15) is 4.79 Å². The van der Waals surface area contributed by atoms with Gasteiger partial charge in [-0.25, -0.2) is 9.97 Å². The van der Waals surface area contributed by atoms with Crippen molar-refractivity contribution in [1.29, 1.82) is 0 Å². The van der Waals surface area contributed by atoms with Crippen LogP contribution in [0.3, 0.4) is 0 Å². The van der Waals surface area contributed by atoms with Gasteiger partial charge in [-0.1, -0.05) is 24.3 Å². The molecule has 3 aromatic rings. The molecule has 2 aliphatic rings. The van der Waals surface area contributed by atoms with E-state index in [1.165, 1.54) is 11.1 Å². The number of fused-ring (bicyclic) bond motifs is 2. The Morgan fingerprint density at radius 2 is 1.83 bits per heavy atom. The van der Waals surface area contributed by atoms with Crippen LogP contribution in [0.25, 0.3) is 11.0 Å². The predicted molar refractivity (Wildman–Crippen MR) is 111 cm³/mol. The van der Waals surface area contributed by atoms with Gasteiger partial charge in [0.1, 0.15) is 12.1 Å². The summed E-state index contributed by atoms with van der Waals surface area (Å²) < 4.78 is 1.77. The second kappa shape index (κ2) is 7.44. The van der Waals surface area contributed by atoms with Crippen LogP contribution < -0.4 is 4.90 Å². The molecule has 0 saturated carbocycles. The van der Waals surface area contributed by atoms with Gasteiger partial charge in [0.15, 0.2) is 5.65 Å². The van der Waals surface area contributed by atoms with Crippen LogP contribution in [0, 0.1) is 0 Å². The summed E-state index contributed by atoms with van der Waals surface area (Å²) in [6.07, 6.45) is 4.38. The number of carbonyl (C=O) groups excluding carboxylic acids is 1. The van der Waals surface area contributed by atoms with Crippen molar-refractivity contribution < 1.29 is 4.79 Å².